The zero-order valence-electron chi connectivity index (χ0n) is 13.7. The standard InChI is InChI=1S/C17H22N4O3/c1-21-9-8-11(12-4-2-3-5-14(12)21)10-18-15(22)7-6-13-16(23)20-17(24)19-13/h2-5,11,13H,6-10H2,1H3,(H,18,22)(H2,19,20,23,24)/t11-,13+/m0/s1. The van der Waals surface area contributed by atoms with E-state index in [4.69, 9.17) is 0 Å². The summed E-state index contributed by atoms with van der Waals surface area (Å²) in [6.45, 7) is 1.55. The van der Waals surface area contributed by atoms with Crippen molar-refractivity contribution in [2.75, 3.05) is 25.0 Å². The van der Waals surface area contributed by atoms with Gasteiger partial charge in [0.1, 0.15) is 6.04 Å². The maximum atomic E-state index is 12.0. The highest BCUT2D eigenvalue weighted by molar-refractivity contribution is 6.04. The highest BCUT2D eigenvalue weighted by Crippen LogP contribution is 2.33. The minimum atomic E-state index is -0.604. The number of urea groups is 1. The van der Waals surface area contributed by atoms with Gasteiger partial charge in [0.15, 0.2) is 0 Å². The number of anilines is 1. The van der Waals surface area contributed by atoms with E-state index in [1.807, 2.05) is 12.1 Å². The summed E-state index contributed by atoms with van der Waals surface area (Å²) in [5.41, 5.74) is 2.47. The Bertz CT molecular complexity index is 661. The second kappa shape index (κ2) is 6.90. The molecular formula is C17H22N4O3. The van der Waals surface area contributed by atoms with Crippen LogP contribution in [0.5, 0.6) is 0 Å². The van der Waals surface area contributed by atoms with E-state index in [0.29, 0.717) is 18.9 Å². The minimum absolute atomic E-state index is 0.0969. The van der Waals surface area contributed by atoms with Crippen molar-refractivity contribution in [1.29, 1.82) is 0 Å². The Kier molecular flexibility index (Phi) is 4.69. The number of carbonyl (C=O) groups excluding carboxylic acids is 3. The van der Waals surface area contributed by atoms with Gasteiger partial charge in [-0.1, -0.05) is 18.2 Å². The Balaban J connectivity index is 1.49. The highest BCUT2D eigenvalue weighted by Gasteiger charge is 2.29. The lowest BCUT2D eigenvalue weighted by atomic mass is 9.90. The maximum Gasteiger partial charge on any atom is 0.322 e. The number of amides is 4. The first-order valence-corrected chi connectivity index (χ1v) is 8.22. The van der Waals surface area contributed by atoms with Crippen LogP contribution >= 0.6 is 0 Å². The predicted octanol–water partition coefficient (Wildman–Crippen LogP) is 0.715. The second-order valence-electron chi connectivity index (χ2n) is 6.32. The van der Waals surface area contributed by atoms with E-state index < -0.39 is 12.1 Å². The molecule has 1 fully saturated rings. The van der Waals surface area contributed by atoms with E-state index in [9.17, 15) is 14.4 Å². The van der Waals surface area contributed by atoms with E-state index in [1.165, 1.54) is 11.3 Å². The number of nitrogens with one attached hydrogen (secondary N) is 3. The number of carbonyl (C=O) groups is 3. The third-order valence-electron chi connectivity index (χ3n) is 4.67. The molecule has 128 valence electrons. The van der Waals surface area contributed by atoms with E-state index in [-0.39, 0.29) is 18.2 Å². The van der Waals surface area contributed by atoms with Crippen LogP contribution in [-0.4, -0.2) is 44.0 Å². The summed E-state index contributed by atoms with van der Waals surface area (Å²) in [4.78, 5) is 36.7. The van der Waals surface area contributed by atoms with Crippen LogP contribution in [0.25, 0.3) is 0 Å². The van der Waals surface area contributed by atoms with Crippen LogP contribution in [0.4, 0.5) is 10.5 Å². The fraction of sp³-hybridized carbons (Fsp3) is 0.471. The minimum Gasteiger partial charge on any atom is -0.374 e. The fourth-order valence-corrected chi connectivity index (χ4v) is 3.28. The quantitative estimate of drug-likeness (QED) is 0.694. The molecule has 1 aromatic rings. The van der Waals surface area contributed by atoms with Gasteiger partial charge in [-0.05, 0) is 24.5 Å². The van der Waals surface area contributed by atoms with E-state index in [1.54, 1.807) is 0 Å². The van der Waals surface area contributed by atoms with Crippen LogP contribution in [0.3, 0.4) is 0 Å². The Labute approximate surface area is 140 Å². The zero-order chi connectivity index (χ0) is 17.1. The Morgan fingerprint density at radius 3 is 2.88 bits per heavy atom. The molecule has 7 nitrogen and oxygen atoms in total. The molecule has 0 unspecified atom stereocenters. The molecule has 0 aromatic heterocycles. The van der Waals surface area contributed by atoms with Crippen molar-refractivity contribution < 1.29 is 14.4 Å². The summed E-state index contributed by atoms with van der Waals surface area (Å²) in [6, 6.07) is 7.16. The molecule has 0 bridgehead atoms. The third kappa shape index (κ3) is 3.50. The van der Waals surface area contributed by atoms with Crippen molar-refractivity contribution in [2.45, 2.75) is 31.2 Å². The molecule has 2 atom stereocenters. The van der Waals surface area contributed by atoms with Gasteiger partial charge in [-0.15, -0.1) is 0 Å². The molecule has 2 heterocycles. The largest absolute Gasteiger partial charge is 0.374 e. The number of fused-ring (bicyclic) bond motifs is 1. The molecular weight excluding hydrogens is 308 g/mol. The average Bonchev–Trinajstić information content (AvgIpc) is 2.90. The SMILES string of the molecule is CN1CC[C@@H](CNC(=O)CC[C@H]2NC(=O)NC2=O)c2ccccc21. The first kappa shape index (κ1) is 16.3. The molecule has 3 rings (SSSR count). The summed E-state index contributed by atoms with van der Waals surface area (Å²) in [7, 11) is 2.08. The molecule has 0 radical (unpaired) electrons. The maximum absolute atomic E-state index is 12.0. The smallest absolute Gasteiger partial charge is 0.322 e. The Morgan fingerprint density at radius 2 is 2.12 bits per heavy atom. The summed E-state index contributed by atoms with van der Waals surface area (Å²) >= 11 is 0. The van der Waals surface area contributed by atoms with Crippen molar-refractivity contribution in [3.8, 4) is 0 Å². The van der Waals surface area contributed by atoms with Crippen molar-refractivity contribution >= 4 is 23.5 Å². The van der Waals surface area contributed by atoms with Gasteiger partial charge >= 0.3 is 6.03 Å². The lowest BCUT2D eigenvalue weighted by Gasteiger charge is -2.33. The first-order valence-electron chi connectivity index (χ1n) is 8.22. The molecule has 2 aliphatic rings. The zero-order valence-corrected chi connectivity index (χ0v) is 13.7. The Hall–Kier alpha value is -2.57. The average molecular weight is 330 g/mol. The number of nitrogens with zero attached hydrogens (tertiary/aromatic N) is 1. The highest BCUT2D eigenvalue weighted by atomic mass is 16.2. The van der Waals surface area contributed by atoms with Gasteiger partial charge in [0.25, 0.3) is 5.91 Å². The van der Waals surface area contributed by atoms with Gasteiger partial charge in [-0.2, -0.15) is 0 Å². The number of hydrogen-bond acceptors (Lipinski definition) is 4. The van der Waals surface area contributed by atoms with Crippen LogP contribution in [0, 0.1) is 0 Å². The van der Waals surface area contributed by atoms with E-state index in [2.05, 4.69) is 40.0 Å². The van der Waals surface area contributed by atoms with Gasteiger partial charge < -0.3 is 15.5 Å². The molecule has 4 amide bonds. The molecule has 7 heteroatoms. The number of benzene rings is 1. The molecule has 0 aliphatic carbocycles. The number of para-hydroxylation sites is 1. The summed E-state index contributed by atoms with van der Waals surface area (Å²) in [5.74, 6) is -0.159. The summed E-state index contributed by atoms with van der Waals surface area (Å²) in [6.07, 6.45) is 1.52. The van der Waals surface area contributed by atoms with E-state index in [0.717, 1.165) is 13.0 Å². The lowest BCUT2D eigenvalue weighted by molar-refractivity contribution is -0.122. The van der Waals surface area contributed by atoms with Gasteiger partial charge in [-0.3, -0.25) is 14.9 Å². The van der Waals surface area contributed by atoms with Gasteiger partial charge in [-0.25, -0.2) is 4.79 Å². The van der Waals surface area contributed by atoms with E-state index >= 15 is 0 Å². The van der Waals surface area contributed by atoms with Crippen molar-refractivity contribution in [1.82, 2.24) is 16.0 Å². The molecule has 0 saturated carbocycles. The van der Waals surface area contributed by atoms with Crippen LogP contribution in [0.15, 0.2) is 24.3 Å². The second-order valence-corrected chi connectivity index (χ2v) is 6.32. The normalized spacial score (nSPS) is 22.6. The molecule has 1 aromatic carbocycles. The lowest BCUT2D eigenvalue weighted by Crippen LogP contribution is -2.35. The van der Waals surface area contributed by atoms with Crippen LogP contribution in [0.1, 0.15) is 30.7 Å². The molecule has 1 saturated heterocycles. The number of rotatable bonds is 5. The molecule has 3 N–H and O–H groups in total. The molecule has 0 spiro atoms. The van der Waals surface area contributed by atoms with Crippen LogP contribution in [-0.2, 0) is 9.59 Å². The Morgan fingerprint density at radius 1 is 1.33 bits per heavy atom. The van der Waals surface area contributed by atoms with Crippen molar-refractivity contribution in [3.63, 3.8) is 0 Å². The number of hydrogen-bond donors (Lipinski definition) is 3. The number of imide groups is 1. The molecule has 2 aliphatic heterocycles. The van der Waals surface area contributed by atoms with Crippen molar-refractivity contribution in [2.24, 2.45) is 0 Å². The van der Waals surface area contributed by atoms with Crippen LogP contribution in [0.2, 0.25) is 0 Å². The third-order valence-corrected chi connectivity index (χ3v) is 4.67. The fourth-order valence-electron chi connectivity index (χ4n) is 3.28. The van der Waals surface area contributed by atoms with Crippen molar-refractivity contribution in [3.05, 3.63) is 29.8 Å². The van der Waals surface area contributed by atoms with Gasteiger partial charge in [0.05, 0.1) is 0 Å². The first-order chi connectivity index (χ1) is 11.5. The summed E-state index contributed by atoms with van der Waals surface area (Å²) in [5, 5.41) is 7.62. The topological polar surface area (TPSA) is 90.5 Å². The van der Waals surface area contributed by atoms with Crippen LogP contribution < -0.4 is 20.9 Å². The summed E-state index contributed by atoms with van der Waals surface area (Å²) < 4.78 is 0. The van der Waals surface area contributed by atoms with Gasteiger partial charge in [0, 0.05) is 38.2 Å². The monoisotopic (exact) mass is 330 g/mol. The molecule has 24 heavy (non-hydrogen) atoms. The van der Waals surface area contributed by atoms with Gasteiger partial charge in [0.2, 0.25) is 5.91 Å². The predicted molar refractivity (Wildman–Crippen MR) is 89.8 cm³/mol.